The summed E-state index contributed by atoms with van der Waals surface area (Å²) in [4.78, 5) is 2.54. The highest BCUT2D eigenvalue weighted by Gasteiger charge is 2.62. The lowest BCUT2D eigenvalue weighted by Crippen LogP contribution is -2.57. The summed E-state index contributed by atoms with van der Waals surface area (Å²) in [6.45, 7) is 14.5. The second kappa shape index (κ2) is 12.2. The topological polar surface area (TPSA) is 12.5 Å². The van der Waals surface area contributed by atoms with Gasteiger partial charge in [0.05, 0.1) is 0 Å². The lowest BCUT2D eigenvalue weighted by Gasteiger charge is -2.63. The zero-order chi connectivity index (χ0) is 40.1. The third kappa shape index (κ3) is 4.98. The Labute approximate surface area is 351 Å². The van der Waals surface area contributed by atoms with Gasteiger partial charge in [-0.15, -0.1) is 0 Å². The molecule has 6 aliphatic carbocycles. The van der Waals surface area contributed by atoms with Gasteiger partial charge in [-0.2, -0.15) is 0 Å². The van der Waals surface area contributed by atoms with Crippen LogP contribution in [0.2, 0.25) is 0 Å². The van der Waals surface area contributed by atoms with Crippen LogP contribution in [-0.2, 0) is 21.7 Å². The minimum atomic E-state index is -0.0968. The van der Waals surface area contributed by atoms with Crippen molar-refractivity contribution in [3.63, 3.8) is 0 Å². The van der Waals surface area contributed by atoms with Crippen molar-refractivity contribution in [3.8, 4) is 33.8 Å². The first-order chi connectivity index (χ1) is 28.4. The van der Waals surface area contributed by atoms with Crippen molar-refractivity contribution in [1.82, 2.24) is 0 Å². The van der Waals surface area contributed by atoms with Crippen LogP contribution in [-0.4, -0.2) is 0 Å². The van der Waals surface area contributed by atoms with Gasteiger partial charge in [-0.05, 0) is 160 Å². The SMILES string of the molecule is CC1(C)CCC(C)(C)c2cc(N(c3ccc4c(c3)Oc3cccc(-c5ccccc5)c3C43C4CC5CC(C4)CC3C5)c3ccc4c(c3)C(C)(C)c3ccccc3-4)ccc21. The van der Waals surface area contributed by atoms with Crippen molar-refractivity contribution >= 4 is 17.1 Å². The van der Waals surface area contributed by atoms with Gasteiger partial charge in [0, 0.05) is 45.1 Å². The lowest BCUT2D eigenvalue weighted by atomic mass is 9.41. The molecular weight excluding hydrogens is 715 g/mol. The molecule has 4 bridgehead atoms. The standard InChI is InChI=1S/C57H57NO/c1-54(2)25-26-55(3,4)50-33-41(20-23-47(50)54)58(40-19-22-45-44-15-10-11-17-46(44)56(5,6)49(45)32-40)42-21-24-48-52(34-42)59-51-18-12-16-43(37-13-8-7-9-14-37)53(51)57(48)38-28-35-27-36(30-38)31-39(57)29-35/h7-24,32-36,38-39H,25-31H2,1-6H3. The number of anilines is 3. The minimum Gasteiger partial charge on any atom is -0.457 e. The average molecular weight is 772 g/mol. The van der Waals surface area contributed by atoms with Gasteiger partial charge < -0.3 is 9.64 Å². The van der Waals surface area contributed by atoms with E-state index in [0.717, 1.165) is 29.0 Å². The Kier molecular flexibility index (Phi) is 7.44. The highest BCUT2D eigenvalue weighted by Crippen LogP contribution is 2.70. The Hall–Kier alpha value is -5.08. The Morgan fingerprint density at radius 1 is 0.458 bits per heavy atom. The van der Waals surface area contributed by atoms with Gasteiger partial charge in [0.15, 0.2) is 0 Å². The normalized spacial score (nSPS) is 26.6. The van der Waals surface area contributed by atoms with Gasteiger partial charge in [-0.3, -0.25) is 0 Å². The van der Waals surface area contributed by atoms with E-state index in [9.17, 15) is 0 Å². The number of fused-ring (bicyclic) bond motifs is 6. The highest BCUT2D eigenvalue weighted by molar-refractivity contribution is 5.87. The van der Waals surface area contributed by atoms with Gasteiger partial charge in [0.25, 0.3) is 0 Å². The number of nitrogens with zero attached hydrogens (tertiary/aromatic N) is 1. The van der Waals surface area contributed by atoms with Gasteiger partial charge in [-0.25, -0.2) is 0 Å². The van der Waals surface area contributed by atoms with E-state index in [1.165, 1.54) is 112 Å². The van der Waals surface area contributed by atoms with Crippen LogP contribution in [0, 0.1) is 23.7 Å². The van der Waals surface area contributed by atoms with Crippen molar-refractivity contribution in [2.75, 3.05) is 4.90 Å². The van der Waals surface area contributed by atoms with Gasteiger partial charge >= 0.3 is 0 Å². The zero-order valence-electron chi connectivity index (χ0n) is 35.7. The van der Waals surface area contributed by atoms with Crippen molar-refractivity contribution < 1.29 is 4.74 Å². The van der Waals surface area contributed by atoms with Gasteiger partial charge in [0.2, 0.25) is 0 Å². The molecule has 0 saturated heterocycles. The quantitative estimate of drug-likeness (QED) is 0.177. The minimum absolute atomic E-state index is 0.0586. The van der Waals surface area contributed by atoms with Crippen LogP contribution in [0.15, 0.2) is 127 Å². The number of ether oxygens (including phenoxy) is 1. The molecule has 0 unspecified atom stereocenters. The summed E-state index contributed by atoms with van der Waals surface area (Å²) in [5.74, 6) is 5.09. The molecule has 0 aromatic heterocycles. The molecule has 1 spiro atoms. The first kappa shape index (κ1) is 35.8. The number of hydrogen-bond acceptors (Lipinski definition) is 2. The Morgan fingerprint density at radius 3 is 1.76 bits per heavy atom. The molecular formula is C57H57NO. The second-order valence-corrected chi connectivity index (χ2v) is 21.2. The number of rotatable bonds is 4. The first-order valence-electron chi connectivity index (χ1n) is 22.6. The number of benzene rings is 6. The summed E-state index contributed by atoms with van der Waals surface area (Å²) in [6, 6.07) is 49.0. The summed E-state index contributed by atoms with van der Waals surface area (Å²) >= 11 is 0. The van der Waals surface area contributed by atoms with Crippen LogP contribution in [0.3, 0.4) is 0 Å². The maximum atomic E-state index is 7.31. The molecule has 0 atom stereocenters. The Balaban J connectivity index is 1.07. The Bertz CT molecular complexity index is 2670. The summed E-state index contributed by atoms with van der Waals surface area (Å²) in [5, 5.41) is 0. The van der Waals surface area contributed by atoms with Crippen molar-refractivity contribution in [3.05, 3.63) is 161 Å². The van der Waals surface area contributed by atoms with Crippen LogP contribution >= 0.6 is 0 Å². The first-order valence-corrected chi connectivity index (χ1v) is 22.6. The molecule has 2 nitrogen and oxygen atoms in total. The molecule has 0 radical (unpaired) electrons. The molecule has 6 aromatic rings. The highest BCUT2D eigenvalue weighted by atomic mass is 16.5. The van der Waals surface area contributed by atoms with Gasteiger partial charge in [-0.1, -0.05) is 126 Å². The molecule has 296 valence electrons. The molecule has 4 fully saturated rings. The van der Waals surface area contributed by atoms with E-state index < -0.39 is 0 Å². The third-order valence-corrected chi connectivity index (χ3v) is 16.8. The molecule has 0 amide bonds. The van der Waals surface area contributed by atoms with Crippen LogP contribution in [0.5, 0.6) is 11.5 Å². The van der Waals surface area contributed by atoms with Crippen molar-refractivity contribution in [2.45, 2.75) is 108 Å². The second-order valence-electron chi connectivity index (χ2n) is 21.2. The Morgan fingerprint density at radius 2 is 1.03 bits per heavy atom. The third-order valence-electron chi connectivity index (χ3n) is 16.8. The molecule has 2 heteroatoms. The molecule has 4 saturated carbocycles. The predicted octanol–water partition coefficient (Wildman–Crippen LogP) is 15.3. The maximum absolute atomic E-state index is 7.31. The summed E-state index contributed by atoms with van der Waals surface area (Å²) in [6.07, 6.45) is 9.15. The van der Waals surface area contributed by atoms with Crippen molar-refractivity contribution in [1.29, 1.82) is 0 Å². The zero-order valence-corrected chi connectivity index (χ0v) is 35.7. The smallest absolute Gasteiger partial charge is 0.133 e. The predicted molar refractivity (Wildman–Crippen MR) is 244 cm³/mol. The lowest BCUT2D eigenvalue weighted by molar-refractivity contribution is -0.0449. The van der Waals surface area contributed by atoms with E-state index >= 15 is 0 Å². The summed E-state index contributed by atoms with van der Waals surface area (Å²) < 4.78 is 7.31. The van der Waals surface area contributed by atoms with E-state index in [1.54, 1.807) is 0 Å². The van der Waals surface area contributed by atoms with Gasteiger partial charge in [0.1, 0.15) is 11.5 Å². The monoisotopic (exact) mass is 771 g/mol. The fraction of sp³-hybridized carbons (Fsp3) is 0.368. The van der Waals surface area contributed by atoms with Crippen LogP contribution < -0.4 is 9.64 Å². The molecule has 1 aliphatic heterocycles. The van der Waals surface area contributed by atoms with Crippen LogP contribution in [0.1, 0.15) is 120 Å². The van der Waals surface area contributed by atoms with E-state index in [4.69, 9.17) is 4.74 Å². The van der Waals surface area contributed by atoms with E-state index in [1.807, 2.05) is 0 Å². The summed E-state index contributed by atoms with van der Waals surface area (Å²) in [5.41, 5.74) is 17.7. The summed E-state index contributed by atoms with van der Waals surface area (Å²) in [7, 11) is 0. The van der Waals surface area contributed by atoms with E-state index in [0.29, 0.717) is 11.8 Å². The molecule has 0 N–H and O–H groups in total. The number of hydrogen-bond donors (Lipinski definition) is 0. The maximum Gasteiger partial charge on any atom is 0.133 e. The van der Waals surface area contributed by atoms with E-state index in [2.05, 4.69) is 174 Å². The van der Waals surface area contributed by atoms with E-state index in [-0.39, 0.29) is 21.7 Å². The fourth-order valence-electron chi connectivity index (χ4n) is 14.0. The van der Waals surface area contributed by atoms with Crippen molar-refractivity contribution in [2.24, 2.45) is 23.7 Å². The molecule has 6 aromatic carbocycles. The molecule has 13 rings (SSSR count). The largest absolute Gasteiger partial charge is 0.457 e. The molecule has 59 heavy (non-hydrogen) atoms. The molecule has 7 aliphatic rings. The average Bonchev–Trinajstić information content (AvgIpc) is 3.46. The van der Waals surface area contributed by atoms with Crippen LogP contribution in [0.25, 0.3) is 22.3 Å². The van der Waals surface area contributed by atoms with Crippen LogP contribution in [0.4, 0.5) is 17.1 Å². The molecule has 1 heterocycles. The fourth-order valence-corrected chi connectivity index (χ4v) is 14.0.